The Morgan fingerprint density at radius 2 is 1.90 bits per heavy atom. The molecule has 0 radical (unpaired) electrons. The van der Waals surface area contributed by atoms with Gasteiger partial charge in [0.25, 0.3) is 5.91 Å². The molecule has 9 heteroatoms. The first-order chi connectivity index (χ1) is 19.0. The van der Waals surface area contributed by atoms with E-state index in [1.807, 2.05) is 47.4 Å². The predicted octanol–water partition coefficient (Wildman–Crippen LogP) is 4.53. The number of quaternary nitrogens is 1. The fourth-order valence-electron chi connectivity index (χ4n) is 5.01. The van der Waals surface area contributed by atoms with Crippen molar-refractivity contribution in [3.05, 3.63) is 82.7 Å². The van der Waals surface area contributed by atoms with Crippen molar-refractivity contribution in [1.82, 2.24) is 10.2 Å². The molecule has 2 aliphatic rings. The minimum Gasteiger partial charge on any atom is -0.593 e. The van der Waals surface area contributed by atoms with Gasteiger partial charge in [-0.1, -0.05) is 50.6 Å². The number of unbranched alkanes of at least 4 members (excludes halogenated alkanes) is 1. The van der Waals surface area contributed by atoms with Gasteiger partial charge in [0.1, 0.15) is 18.5 Å². The predicted molar refractivity (Wildman–Crippen MR) is 152 cm³/mol. The Balaban J connectivity index is 1.32. The van der Waals surface area contributed by atoms with Crippen molar-refractivity contribution in [2.24, 2.45) is 0 Å². The maximum atomic E-state index is 12.4. The molecule has 0 spiro atoms. The van der Waals surface area contributed by atoms with Crippen LogP contribution >= 0.6 is 0 Å². The number of hydrogen-bond acceptors (Lipinski definition) is 6. The van der Waals surface area contributed by atoms with Gasteiger partial charge in [-0.2, -0.15) is 4.81 Å². The van der Waals surface area contributed by atoms with Crippen LogP contribution in [0.25, 0.3) is 11.1 Å². The first-order valence-electron chi connectivity index (χ1n) is 13.8. The monoisotopic (exact) mass is 549 g/mol. The molecule has 40 heavy (non-hydrogen) atoms. The number of benzene rings is 2. The second-order valence-electron chi connectivity index (χ2n) is 11.1. The second-order valence-corrected chi connectivity index (χ2v) is 11.1. The summed E-state index contributed by atoms with van der Waals surface area (Å²) in [5.41, 5.74) is 3.60. The lowest BCUT2D eigenvalue weighted by Crippen LogP contribution is -2.40. The lowest BCUT2D eigenvalue weighted by Gasteiger charge is -2.30. The number of aromatic hydroxyl groups is 1. The van der Waals surface area contributed by atoms with Crippen LogP contribution in [-0.2, 0) is 26.3 Å². The number of amides is 2. The standard InChI is InChI=1S/C31H39N3O6/c1-31(2,13-4-3-8-29(36)33-14-18-40-19-15-33)26-9-10-27(28(35)21-26)25-7-5-6-23(20-25)22-32-30(37)24-11-16-34(38,39)17-12-24/h5-7,9-12,16,20-21,35,38H,3-4,8,13-15,17-19,22H2,1-2H3,(H,32,37). The number of carbonyl (C=O) groups is 2. The van der Waals surface area contributed by atoms with Gasteiger partial charge in [-0.05, 0) is 53.2 Å². The third kappa shape index (κ3) is 7.79. The van der Waals surface area contributed by atoms with E-state index in [1.54, 1.807) is 0 Å². The fourth-order valence-corrected chi connectivity index (χ4v) is 5.01. The highest BCUT2D eigenvalue weighted by Gasteiger charge is 2.23. The smallest absolute Gasteiger partial charge is 0.251 e. The highest BCUT2D eigenvalue weighted by molar-refractivity contribution is 5.96. The number of hydroxylamine groups is 4. The Labute approximate surface area is 235 Å². The molecule has 2 amide bonds. The van der Waals surface area contributed by atoms with Gasteiger partial charge in [0, 0.05) is 43.3 Å². The summed E-state index contributed by atoms with van der Waals surface area (Å²) in [6.07, 6.45) is 6.95. The minimum absolute atomic E-state index is 0.160. The van der Waals surface area contributed by atoms with Gasteiger partial charge in [-0.25, -0.2) is 5.21 Å². The molecule has 1 unspecified atom stereocenters. The van der Waals surface area contributed by atoms with E-state index in [9.17, 15) is 25.1 Å². The zero-order valence-corrected chi connectivity index (χ0v) is 23.3. The lowest BCUT2D eigenvalue weighted by molar-refractivity contribution is -1.02. The van der Waals surface area contributed by atoms with E-state index in [1.165, 1.54) is 12.2 Å². The minimum atomic E-state index is -1.52. The Bertz CT molecular complexity index is 1280. The lowest BCUT2D eigenvalue weighted by atomic mass is 9.79. The quantitative estimate of drug-likeness (QED) is 0.227. The average Bonchev–Trinajstić information content (AvgIpc) is 2.94. The molecule has 9 nitrogen and oxygen atoms in total. The van der Waals surface area contributed by atoms with Crippen LogP contribution in [0.3, 0.4) is 0 Å². The summed E-state index contributed by atoms with van der Waals surface area (Å²) >= 11 is 0. The summed E-state index contributed by atoms with van der Waals surface area (Å²) in [6.45, 7) is 6.96. The number of carbonyl (C=O) groups excluding carboxylic acids is 2. The van der Waals surface area contributed by atoms with E-state index in [0.29, 0.717) is 43.9 Å². The number of phenols is 1. The summed E-state index contributed by atoms with van der Waals surface area (Å²) in [5, 5.41) is 34.6. The average molecular weight is 550 g/mol. The van der Waals surface area contributed by atoms with E-state index >= 15 is 0 Å². The Kier molecular flexibility index (Phi) is 9.42. The molecular formula is C31H39N3O6. The van der Waals surface area contributed by atoms with Gasteiger partial charge >= 0.3 is 0 Å². The molecule has 2 aromatic carbocycles. The van der Waals surface area contributed by atoms with E-state index in [0.717, 1.165) is 42.2 Å². The Morgan fingerprint density at radius 3 is 2.60 bits per heavy atom. The topological polar surface area (TPSA) is 122 Å². The first kappa shape index (κ1) is 29.5. The molecular weight excluding hydrogens is 510 g/mol. The zero-order valence-electron chi connectivity index (χ0n) is 23.3. The molecule has 0 aliphatic carbocycles. The molecule has 2 aliphatic heterocycles. The van der Waals surface area contributed by atoms with Gasteiger partial charge in [-0.3, -0.25) is 9.59 Å². The van der Waals surface area contributed by atoms with E-state index < -0.39 is 4.81 Å². The van der Waals surface area contributed by atoms with Crippen molar-refractivity contribution in [1.29, 1.82) is 0 Å². The summed E-state index contributed by atoms with van der Waals surface area (Å²) in [6, 6.07) is 13.4. The van der Waals surface area contributed by atoms with Crippen LogP contribution in [0.4, 0.5) is 0 Å². The molecule has 2 heterocycles. The van der Waals surface area contributed by atoms with Crippen LogP contribution in [0.1, 0.15) is 50.7 Å². The van der Waals surface area contributed by atoms with Crippen LogP contribution in [0.15, 0.2) is 66.4 Å². The van der Waals surface area contributed by atoms with Gasteiger partial charge in [0.15, 0.2) is 0 Å². The number of rotatable bonds is 10. The van der Waals surface area contributed by atoms with Gasteiger partial charge in [0.05, 0.1) is 13.2 Å². The highest BCUT2D eigenvalue weighted by Crippen LogP contribution is 2.36. The molecule has 4 rings (SSSR count). The van der Waals surface area contributed by atoms with Crippen LogP contribution in [0, 0.1) is 5.21 Å². The van der Waals surface area contributed by atoms with E-state index in [2.05, 4.69) is 19.2 Å². The zero-order chi connectivity index (χ0) is 28.8. The van der Waals surface area contributed by atoms with Gasteiger partial charge < -0.3 is 25.3 Å². The Hall–Kier alpha value is -3.50. The summed E-state index contributed by atoms with van der Waals surface area (Å²) in [7, 11) is 0. The van der Waals surface area contributed by atoms with Crippen molar-refractivity contribution in [2.75, 3.05) is 32.8 Å². The van der Waals surface area contributed by atoms with Crippen molar-refractivity contribution in [2.45, 2.75) is 51.5 Å². The molecule has 214 valence electrons. The Morgan fingerprint density at radius 1 is 1.12 bits per heavy atom. The van der Waals surface area contributed by atoms with Crippen molar-refractivity contribution >= 4 is 11.8 Å². The summed E-state index contributed by atoms with van der Waals surface area (Å²) in [5.74, 6) is 0.0559. The van der Waals surface area contributed by atoms with Crippen molar-refractivity contribution in [3.63, 3.8) is 0 Å². The van der Waals surface area contributed by atoms with E-state index in [-0.39, 0.29) is 36.1 Å². The molecule has 3 N–H and O–H groups in total. The van der Waals surface area contributed by atoms with Crippen molar-refractivity contribution < 1.29 is 29.4 Å². The van der Waals surface area contributed by atoms with Gasteiger partial charge in [0.2, 0.25) is 5.91 Å². The number of ether oxygens (including phenoxy) is 1. The molecule has 0 bridgehead atoms. The number of nitrogens with zero attached hydrogens (tertiary/aromatic N) is 2. The molecule has 0 saturated carbocycles. The number of hydrogen-bond donors (Lipinski definition) is 3. The fraction of sp³-hybridized carbons (Fsp3) is 0.419. The largest absolute Gasteiger partial charge is 0.593 e. The normalized spacial score (nSPS) is 19.3. The van der Waals surface area contributed by atoms with Crippen LogP contribution in [-0.4, -0.2) is 64.7 Å². The highest BCUT2D eigenvalue weighted by atomic mass is 16.8. The second kappa shape index (κ2) is 12.8. The number of nitrogens with one attached hydrogen (secondary N) is 1. The van der Waals surface area contributed by atoms with Crippen LogP contribution in [0.2, 0.25) is 0 Å². The van der Waals surface area contributed by atoms with E-state index in [4.69, 9.17) is 4.74 Å². The molecule has 1 atom stereocenters. The van der Waals surface area contributed by atoms with Crippen LogP contribution in [0.5, 0.6) is 5.75 Å². The molecule has 0 aromatic heterocycles. The third-order valence-electron chi connectivity index (χ3n) is 7.60. The molecule has 2 aromatic rings. The van der Waals surface area contributed by atoms with Crippen LogP contribution < -0.4 is 5.32 Å². The first-order valence-corrected chi connectivity index (χ1v) is 13.8. The third-order valence-corrected chi connectivity index (χ3v) is 7.60. The molecule has 1 saturated heterocycles. The SMILES string of the molecule is CC(C)(CCCCC(=O)N1CCOCC1)c1ccc(-c2cccc(CNC(=O)C3=CC[N+]([O-])(O)C=C3)c2)c(O)c1. The summed E-state index contributed by atoms with van der Waals surface area (Å²) in [4.78, 5) is 25.2. The maximum Gasteiger partial charge on any atom is 0.251 e. The maximum absolute atomic E-state index is 12.4. The van der Waals surface area contributed by atoms with Gasteiger partial charge in [-0.15, -0.1) is 0 Å². The number of morpholine rings is 1. The summed E-state index contributed by atoms with van der Waals surface area (Å²) < 4.78 is 5.32. The van der Waals surface area contributed by atoms with Crippen molar-refractivity contribution in [3.8, 4) is 16.9 Å². The molecule has 1 fully saturated rings. The number of phenolic OH excluding ortho intramolecular Hbond substituents is 1.